The third-order valence-electron chi connectivity index (χ3n) is 4.09. The predicted molar refractivity (Wildman–Crippen MR) is 106 cm³/mol. The van der Waals surface area contributed by atoms with E-state index >= 15 is 0 Å². The predicted octanol–water partition coefficient (Wildman–Crippen LogP) is 2.67. The molecule has 0 saturated carbocycles. The van der Waals surface area contributed by atoms with Gasteiger partial charge in [0.1, 0.15) is 11.9 Å². The van der Waals surface area contributed by atoms with Gasteiger partial charge in [-0.3, -0.25) is 4.79 Å². The molecule has 1 saturated heterocycles. The smallest absolute Gasteiger partial charge is 0.224 e. The molecule has 1 amide bonds. The lowest BCUT2D eigenvalue weighted by atomic mass is 10.3. The summed E-state index contributed by atoms with van der Waals surface area (Å²) in [4.78, 5) is 18.6. The van der Waals surface area contributed by atoms with E-state index in [-0.39, 0.29) is 12.0 Å². The van der Waals surface area contributed by atoms with Crippen LogP contribution in [-0.4, -0.2) is 55.6 Å². The van der Waals surface area contributed by atoms with Gasteiger partial charge in [-0.2, -0.15) is 0 Å². The van der Waals surface area contributed by atoms with Gasteiger partial charge < -0.3 is 20.3 Å². The second kappa shape index (κ2) is 10.9. The first-order chi connectivity index (χ1) is 12.6. The van der Waals surface area contributed by atoms with Crippen LogP contribution in [0.15, 0.2) is 29.3 Å². The maximum Gasteiger partial charge on any atom is 0.224 e. The van der Waals surface area contributed by atoms with Crippen LogP contribution in [0.25, 0.3) is 0 Å². The third kappa shape index (κ3) is 7.12. The highest BCUT2D eigenvalue weighted by Crippen LogP contribution is 2.16. The summed E-state index contributed by atoms with van der Waals surface area (Å²) in [6.07, 6.45) is 2.66. The summed E-state index contributed by atoms with van der Waals surface area (Å²) in [6, 6.07) is 7.29. The average molecular weight is 381 g/mol. The van der Waals surface area contributed by atoms with E-state index in [9.17, 15) is 4.79 Å². The molecule has 144 valence electrons. The van der Waals surface area contributed by atoms with Crippen molar-refractivity contribution in [2.75, 3.05) is 32.7 Å². The molecular weight excluding hydrogens is 352 g/mol. The number of likely N-dealkylation sites (tertiary alicyclic amines) is 1. The number of aliphatic imine (C=N–C) groups is 1. The number of carbonyl (C=O) groups excluding carboxylic acids is 1. The summed E-state index contributed by atoms with van der Waals surface area (Å²) < 4.78 is 5.83. The van der Waals surface area contributed by atoms with Crippen molar-refractivity contribution in [1.82, 2.24) is 15.5 Å². The molecule has 0 radical (unpaired) electrons. The third-order valence-corrected chi connectivity index (χ3v) is 4.34. The number of hydrogen-bond acceptors (Lipinski definition) is 3. The Morgan fingerprint density at radius 3 is 2.62 bits per heavy atom. The zero-order valence-corrected chi connectivity index (χ0v) is 16.4. The van der Waals surface area contributed by atoms with E-state index in [1.54, 1.807) is 12.1 Å². The normalized spacial score (nSPS) is 15.7. The van der Waals surface area contributed by atoms with E-state index in [0.717, 1.165) is 38.2 Å². The SMILES string of the molecule is CCNC(=NCC(C)Oc1ccc(Cl)cc1)NCCC(=O)N1CCCC1. The van der Waals surface area contributed by atoms with Gasteiger partial charge >= 0.3 is 0 Å². The van der Waals surface area contributed by atoms with Crippen molar-refractivity contribution in [1.29, 1.82) is 0 Å². The monoisotopic (exact) mass is 380 g/mol. The zero-order valence-electron chi connectivity index (χ0n) is 15.6. The molecule has 2 N–H and O–H groups in total. The van der Waals surface area contributed by atoms with Crippen LogP contribution < -0.4 is 15.4 Å². The Hall–Kier alpha value is -1.95. The average Bonchev–Trinajstić information content (AvgIpc) is 3.16. The second-order valence-electron chi connectivity index (χ2n) is 6.37. The standard InChI is InChI=1S/C19H29ClN4O2/c1-3-21-19(22-11-10-18(25)24-12-4-5-13-24)23-14-15(2)26-17-8-6-16(20)7-9-17/h6-9,15H,3-5,10-14H2,1-2H3,(H2,21,22,23). The fourth-order valence-corrected chi connectivity index (χ4v) is 2.88. The number of nitrogens with zero attached hydrogens (tertiary/aromatic N) is 2. The van der Waals surface area contributed by atoms with Gasteiger partial charge in [-0.15, -0.1) is 0 Å². The number of benzene rings is 1. The van der Waals surface area contributed by atoms with Gasteiger partial charge in [0.05, 0.1) is 6.54 Å². The van der Waals surface area contributed by atoms with Gasteiger partial charge in [0.25, 0.3) is 0 Å². The van der Waals surface area contributed by atoms with E-state index in [1.807, 2.05) is 30.9 Å². The molecule has 1 aromatic carbocycles. The van der Waals surface area contributed by atoms with Gasteiger partial charge in [-0.1, -0.05) is 11.6 Å². The lowest BCUT2D eigenvalue weighted by Crippen LogP contribution is -2.40. The summed E-state index contributed by atoms with van der Waals surface area (Å²) >= 11 is 5.88. The van der Waals surface area contributed by atoms with Crippen LogP contribution in [0, 0.1) is 0 Å². The van der Waals surface area contributed by atoms with Crippen molar-refractivity contribution >= 4 is 23.5 Å². The van der Waals surface area contributed by atoms with E-state index in [4.69, 9.17) is 16.3 Å². The summed E-state index contributed by atoms with van der Waals surface area (Å²) in [6.45, 7) is 7.63. The highest BCUT2D eigenvalue weighted by Gasteiger charge is 2.17. The molecule has 1 aromatic rings. The van der Waals surface area contributed by atoms with Crippen molar-refractivity contribution < 1.29 is 9.53 Å². The lowest BCUT2D eigenvalue weighted by molar-refractivity contribution is -0.129. The highest BCUT2D eigenvalue weighted by atomic mass is 35.5. The second-order valence-corrected chi connectivity index (χ2v) is 6.80. The lowest BCUT2D eigenvalue weighted by Gasteiger charge is -2.17. The summed E-state index contributed by atoms with van der Waals surface area (Å²) in [5, 5.41) is 7.10. The molecule has 0 aliphatic carbocycles. The molecule has 0 bridgehead atoms. The molecular formula is C19H29ClN4O2. The topological polar surface area (TPSA) is 66.0 Å². The molecule has 1 atom stereocenters. The molecule has 1 fully saturated rings. The Kier molecular flexibility index (Phi) is 8.54. The molecule has 6 nitrogen and oxygen atoms in total. The molecule has 1 heterocycles. The number of ether oxygens (including phenoxy) is 1. The van der Waals surface area contributed by atoms with Crippen LogP contribution in [0.2, 0.25) is 5.02 Å². The molecule has 1 aliphatic heterocycles. The number of hydrogen-bond donors (Lipinski definition) is 2. The summed E-state index contributed by atoms with van der Waals surface area (Å²) in [5.74, 6) is 1.69. The van der Waals surface area contributed by atoms with Gasteiger partial charge in [-0.05, 0) is 51.0 Å². The molecule has 1 unspecified atom stereocenters. The first-order valence-corrected chi connectivity index (χ1v) is 9.68. The number of halogens is 1. The van der Waals surface area contributed by atoms with Crippen molar-refractivity contribution in [3.63, 3.8) is 0 Å². The van der Waals surface area contributed by atoms with Crippen LogP contribution in [0.1, 0.15) is 33.1 Å². The van der Waals surface area contributed by atoms with Crippen LogP contribution in [-0.2, 0) is 4.79 Å². The fourth-order valence-electron chi connectivity index (χ4n) is 2.76. The van der Waals surface area contributed by atoms with Gasteiger partial charge in [-0.25, -0.2) is 4.99 Å². The van der Waals surface area contributed by atoms with Gasteiger partial charge in [0, 0.05) is 37.6 Å². The van der Waals surface area contributed by atoms with Crippen molar-refractivity contribution in [3.8, 4) is 5.75 Å². The van der Waals surface area contributed by atoms with Crippen LogP contribution in [0.3, 0.4) is 0 Å². The molecule has 0 aromatic heterocycles. The van der Waals surface area contributed by atoms with E-state index < -0.39 is 0 Å². The molecule has 2 rings (SSSR count). The Bertz CT molecular complexity index is 586. The first-order valence-electron chi connectivity index (χ1n) is 9.30. The first kappa shape index (κ1) is 20.4. The van der Waals surface area contributed by atoms with Crippen molar-refractivity contribution in [2.24, 2.45) is 4.99 Å². The minimum absolute atomic E-state index is 0.0714. The minimum Gasteiger partial charge on any atom is -0.489 e. The van der Waals surface area contributed by atoms with Gasteiger partial charge in [0.2, 0.25) is 5.91 Å². The Morgan fingerprint density at radius 1 is 1.27 bits per heavy atom. The fraction of sp³-hybridized carbons (Fsp3) is 0.579. The zero-order chi connectivity index (χ0) is 18.8. The van der Waals surface area contributed by atoms with Crippen LogP contribution in [0.4, 0.5) is 0 Å². The summed E-state index contributed by atoms with van der Waals surface area (Å²) in [5.41, 5.74) is 0. The minimum atomic E-state index is -0.0714. The van der Waals surface area contributed by atoms with E-state index in [2.05, 4.69) is 15.6 Å². The Morgan fingerprint density at radius 2 is 1.96 bits per heavy atom. The van der Waals surface area contributed by atoms with Crippen LogP contribution >= 0.6 is 11.6 Å². The molecule has 0 spiro atoms. The Balaban J connectivity index is 1.75. The number of nitrogens with one attached hydrogen (secondary N) is 2. The number of guanidine groups is 1. The maximum atomic E-state index is 12.1. The number of amides is 1. The molecule has 7 heteroatoms. The number of carbonyl (C=O) groups is 1. The van der Waals surface area contributed by atoms with Crippen LogP contribution in [0.5, 0.6) is 5.75 Å². The molecule has 1 aliphatic rings. The van der Waals surface area contributed by atoms with Crippen molar-refractivity contribution in [2.45, 2.75) is 39.2 Å². The maximum absolute atomic E-state index is 12.1. The highest BCUT2D eigenvalue weighted by molar-refractivity contribution is 6.30. The Labute approximate surface area is 161 Å². The quantitative estimate of drug-likeness (QED) is 0.537. The molecule has 26 heavy (non-hydrogen) atoms. The van der Waals surface area contributed by atoms with E-state index in [1.165, 1.54) is 0 Å². The van der Waals surface area contributed by atoms with Gasteiger partial charge in [0.15, 0.2) is 5.96 Å². The number of rotatable bonds is 8. The largest absolute Gasteiger partial charge is 0.489 e. The van der Waals surface area contributed by atoms with Crippen molar-refractivity contribution in [3.05, 3.63) is 29.3 Å². The summed E-state index contributed by atoms with van der Waals surface area (Å²) in [7, 11) is 0. The van der Waals surface area contributed by atoms with E-state index in [0.29, 0.717) is 30.5 Å².